The minimum atomic E-state index is -1.61. The van der Waals surface area contributed by atoms with Crippen LogP contribution < -0.4 is 4.74 Å². The standard InChI is InChI=1S/C28H26O5/c1-28(32)17-22(29)24(26(30)19-9-5-3-6-10-19)23(18-13-15-21(33-2)16-14-18)25(28)27(31)20-11-7-4-8-12-20/h3-16,23-25,32H,17H2,1-2H3/t23-,24-,25-,28+/m1/s1. The molecular weight excluding hydrogens is 416 g/mol. The Balaban J connectivity index is 1.88. The van der Waals surface area contributed by atoms with Crippen LogP contribution in [0.1, 0.15) is 45.5 Å². The molecule has 0 bridgehead atoms. The number of ether oxygens (including phenoxy) is 1. The van der Waals surface area contributed by atoms with E-state index in [-0.39, 0.29) is 23.8 Å². The van der Waals surface area contributed by atoms with Gasteiger partial charge in [0.15, 0.2) is 11.6 Å². The Bertz CT molecular complexity index is 1150. The molecule has 33 heavy (non-hydrogen) atoms. The Kier molecular flexibility index (Phi) is 6.25. The molecule has 0 heterocycles. The van der Waals surface area contributed by atoms with Gasteiger partial charge >= 0.3 is 0 Å². The fourth-order valence-electron chi connectivity index (χ4n) is 4.88. The van der Waals surface area contributed by atoms with Gasteiger partial charge in [0.25, 0.3) is 0 Å². The maximum Gasteiger partial charge on any atom is 0.173 e. The highest BCUT2D eigenvalue weighted by Crippen LogP contribution is 2.48. The van der Waals surface area contributed by atoms with Crippen molar-refractivity contribution >= 4 is 17.3 Å². The Hall–Kier alpha value is -3.57. The number of ketones is 3. The monoisotopic (exact) mass is 442 g/mol. The van der Waals surface area contributed by atoms with E-state index in [1.807, 2.05) is 6.07 Å². The summed E-state index contributed by atoms with van der Waals surface area (Å²) in [5.41, 5.74) is -0.140. The summed E-state index contributed by atoms with van der Waals surface area (Å²) in [6.45, 7) is 1.51. The summed E-state index contributed by atoms with van der Waals surface area (Å²) < 4.78 is 5.26. The number of carbonyl (C=O) groups is 3. The normalized spacial score (nSPS) is 24.8. The van der Waals surface area contributed by atoms with Crippen LogP contribution >= 0.6 is 0 Å². The maximum atomic E-state index is 13.7. The highest BCUT2D eigenvalue weighted by atomic mass is 16.5. The van der Waals surface area contributed by atoms with E-state index in [0.29, 0.717) is 22.4 Å². The summed E-state index contributed by atoms with van der Waals surface area (Å²) in [6, 6.07) is 24.3. The molecule has 3 aromatic rings. The molecule has 0 amide bonds. The first-order valence-corrected chi connectivity index (χ1v) is 10.9. The van der Waals surface area contributed by atoms with E-state index in [1.165, 1.54) is 6.92 Å². The molecule has 0 aliphatic heterocycles. The van der Waals surface area contributed by atoms with Gasteiger partial charge in [-0.05, 0) is 24.6 Å². The van der Waals surface area contributed by atoms with Crippen LogP contribution in [0.15, 0.2) is 84.9 Å². The van der Waals surface area contributed by atoms with E-state index in [4.69, 9.17) is 4.74 Å². The Morgan fingerprint density at radius 2 is 1.36 bits per heavy atom. The number of Topliss-reactive ketones (excluding diaryl/α,β-unsaturated/α-hetero) is 3. The van der Waals surface area contributed by atoms with Crippen molar-refractivity contribution in [3.05, 3.63) is 102 Å². The van der Waals surface area contributed by atoms with Crippen molar-refractivity contribution in [1.29, 1.82) is 0 Å². The largest absolute Gasteiger partial charge is 0.497 e. The first kappa shape index (κ1) is 22.6. The lowest BCUT2D eigenvalue weighted by molar-refractivity contribution is -0.134. The molecule has 1 fully saturated rings. The SMILES string of the molecule is COc1ccc([C@@H]2[C@H](C(=O)c3ccccc3)C(=O)C[C@](C)(O)[C@H]2C(=O)c2ccccc2)cc1. The van der Waals surface area contributed by atoms with Crippen LogP contribution in [0.4, 0.5) is 0 Å². The fraction of sp³-hybridized carbons (Fsp3) is 0.250. The number of hydrogen-bond donors (Lipinski definition) is 1. The van der Waals surface area contributed by atoms with Crippen molar-refractivity contribution in [3.8, 4) is 5.75 Å². The molecule has 3 aromatic carbocycles. The van der Waals surface area contributed by atoms with Gasteiger partial charge in [-0.3, -0.25) is 14.4 Å². The van der Waals surface area contributed by atoms with Gasteiger partial charge in [-0.2, -0.15) is 0 Å². The molecule has 1 aliphatic carbocycles. The van der Waals surface area contributed by atoms with Crippen LogP contribution in [-0.2, 0) is 4.79 Å². The first-order chi connectivity index (χ1) is 15.8. The van der Waals surface area contributed by atoms with Gasteiger partial charge < -0.3 is 9.84 Å². The van der Waals surface area contributed by atoms with Gasteiger partial charge in [-0.25, -0.2) is 0 Å². The summed E-state index contributed by atoms with van der Waals surface area (Å²) in [6.07, 6.45) is -0.272. The van der Waals surface area contributed by atoms with Crippen molar-refractivity contribution in [3.63, 3.8) is 0 Å². The third-order valence-electron chi connectivity index (χ3n) is 6.45. The van der Waals surface area contributed by atoms with Gasteiger partial charge in [-0.1, -0.05) is 72.8 Å². The van der Waals surface area contributed by atoms with E-state index in [1.54, 1.807) is 86.0 Å². The smallest absolute Gasteiger partial charge is 0.173 e. The lowest BCUT2D eigenvalue weighted by Crippen LogP contribution is -2.54. The first-order valence-electron chi connectivity index (χ1n) is 10.9. The van der Waals surface area contributed by atoms with Crippen molar-refractivity contribution < 1.29 is 24.2 Å². The third kappa shape index (κ3) is 4.37. The average Bonchev–Trinajstić information content (AvgIpc) is 2.83. The highest BCUT2D eigenvalue weighted by molar-refractivity contribution is 6.13. The van der Waals surface area contributed by atoms with Crippen molar-refractivity contribution in [1.82, 2.24) is 0 Å². The minimum absolute atomic E-state index is 0.272. The molecule has 1 saturated carbocycles. The number of hydrogen-bond acceptors (Lipinski definition) is 5. The van der Waals surface area contributed by atoms with Crippen LogP contribution in [-0.4, -0.2) is 35.2 Å². The topological polar surface area (TPSA) is 80.7 Å². The predicted octanol–water partition coefficient (Wildman–Crippen LogP) is 4.50. The van der Waals surface area contributed by atoms with Crippen LogP contribution in [0.3, 0.4) is 0 Å². The molecule has 0 spiro atoms. The summed E-state index contributed by atoms with van der Waals surface area (Å²) in [4.78, 5) is 40.6. The van der Waals surface area contributed by atoms with Crippen molar-refractivity contribution in [2.45, 2.75) is 24.9 Å². The molecular formula is C28H26O5. The molecule has 4 atom stereocenters. The summed E-state index contributed by atoms with van der Waals surface area (Å²) >= 11 is 0. The Labute approximate surface area is 193 Å². The lowest BCUT2D eigenvalue weighted by atomic mass is 9.58. The third-order valence-corrected chi connectivity index (χ3v) is 6.45. The second kappa shape index (κ2) is 9.12. The Morgan fingerprint density at radius 1 is 0.848 bits per heavy atom. The van der Waals surface area contributed by atoms with Gasteiger partial charge in [0.2, 0.25) is 0 Å². The van der Waals surface area contributed by atoms with E-state index in [2.05, 4.69) is 0 Å². The molecule has 1 N–H and O–H groups in total. The lowest BCUT2D eigenvalue weighted by Gasteiger charge is -2.45. The molecule has 1 aliphatic rings. The average molecular weight is 443 g/mol. The number of aliphatic hydroxyl groups is 1. The van der Waals surface area contributed by atoms with E-state index in [0.717, 1.165) is 0 Å². The molecule has 0 radical (unpaired) electrons. The molecule has 5 nitrogen and oxygen atoms in total. The summed E-state index contributed by atoms with van der Waals surface area (Å²) in [5, 5.41) is 11.4. The zero-order valence-electron chi connectivity index (χ0n) is 18.6. The van der Waals surface area contributed by atoms with Crippen molar-refractivity contribution in [2.75, 3.05) is 7.11 Å². The number of methoxy groups -OCH3 is 1. The second-order valence-electron chi connectivity index (χ2n) is 8.72. The second-order valence-corrected chi connectivity index (χ2v) is 8.72. The predicted molar refractivity (Wildman–Crippen MR) is 125 cm³/mol. The molecule has 0 unspecified atom stereocenters. The van der Waals surface area contributed by atoms with Gasteiger partial charge in [0.05, 0.1) is 24.5 Å². The van der Waals surface area contributed by atoms with Gasteiger partial charge in [-0.15, -0.1) is 0 Å². The Morgan fingerprint density at radius 3 is 1.88 bits per heavy atom. The fourth-order valence-corrected chi connectivity index (χ4v) is 4.88. The zero-order valence-corrected chi connectivity index (χ0v) is 18.6. The van der Waals surface area contributed by atoms with E-state index < -0.39 is 23.4 Å². The summed E-state index contributed by atoms with van der Waals surface area (Å²) in [5.74, 6) is -3.28. The summed E-state index contributed by atoms with van der Waals surface area (Å²) in [7, 11) is 1.55. The number of carbonyl (C=O) groups excluding carboxylic acids is 3. The molecule has 168 valence electrons. The molecule has 5 heteroatoms. The van der Waals surface area contributed by atoms with Crippen LogP contribution in [0.2, 0.25) is 0 Å². The highest BCUT2D eigenvalue weighted by Gasteiger charge is 2.55. The van der Waals surface area contributed by atoms with E-state index in [9.17, 15) is 19.5 Å². The zero-order chi connectivity index (χ0) is 23.6. The van der Waals surface area contributed by atoms with Crippen LogP contribution in [0, 0.1) is 11.8 Å². The number of rotatable bonds is 6. The molecule has 4 rings (SSSR count). The van der Waals surface area contributed by atoms with Gasteiger partial charge in [0.1, 0.15) is 11.5 Å². The quantitative estimate of drug-likeness (QED) is 0.449. The van der Waals surface area contributed by atoms with E-state index >= 15 is 0 Å². The van der Waals surface area contributed by atoms with Gasteiger partial charge in [0, 0.05) is 23.5 Å². The van der Waals surface area contributed by atoms with Crippen LogP contribution in [0.25, 0.3) is 0 Å². The molecule has 0 saturated heterocycles. The maximum absolute atomic E-state index is 13.7. The minimum Gasteiger partial charge on any atom is -0.497 e. The van der Waals surface area contributed by atoms with Crippen LogP contribution in [0.5, 0.6) is 5.75 Å². The molecule has 0 aromatic heterocycles. The van der Waals surface area contributed by atoms with Crippen molar-refractivity contribution in [2.24, 2.45) is 11.8 Å². The number of benzene rings is 3.